The second kappa shape index (κ2) is 5.88. The summed E-state index contributed by atoms with van der Waals surface area (Å²) in [6.07, 6.45) is 1.73. The summed E-state index contributed by atoms with van der Waals surface area (Å²) in [5.41, 5.74) is 1.95. The highest BCUT2D eigenvalue weighted by molar-refractivity contribution is 7.09. The number of aryl methyl sites for hydroxylation is 1. The van der Waals surface area contributed by atoms with E-state index < -0.39 is 0 Å². The number of fused-ring (bicyclic) bond motifs is 1. The van der Waals surface area contributed by atoms with Gasteiger partial charge in [-0.2, -0.15) is 5.10 Å². The summed E-state index contributed by atoms with van der Waals surface area (Å²) in [7, 11) is 0. The van der Waals surface area contributed by atoms with E-state index in [1.807, 2.05) is 43.0 Å². The van der Waals surface area contributed by atoms with Gasteiger partial charge in [-0.3, -0.25) is 0 Å². The smallest absolute Gasteiger partial charge is 0.340 e. The van der Waals surface area contributed by atoms with Crippen molar-refractivity contribution >= 4 is 28.3 Å². The quantitative estimate of drug-likeness (QED) is 0.688. The maximum absolute atomic E-state index is 12.3. The zero-order valence-corrected chi connectivity index (χ0v) is 13.6. The van der Waals surface area contributed by atoms with Gasteiger partial charge in [-0.05, 0) is 38.3 Å². The third-order valence-corrected chi connectivity index (χ3v) is 4.24. The molecule has 3 aromatic rings. The number of aromatic nitrogens is 3. The van der Waals surface area contributed by atoms with Crippen molar-refractivity contribution in [3.05, 3.63) is 45.9 Å². The molecule has 114 valence electrons. The van der Waals surface area contributed by atoms with E-state index in [9.17, 15) is 4.79 Å². The molecule has 0 aliphatic heterocycles. The molecule has 0 aliphatic carbocycles. The monoisotopic (exact) mass is 315 g/mol. The number of carbonyl (C=O) groups excluding carboxylic acids is 1. The molecule has 22 heavy (non-hydrogen) atoms. The molecule has 5 nitrogen and oxygen atoms in total. The molecular formula is C16H17N3O2S. The minimum atomic E-state index is -0.349. The summed E-state index contributed by atoms with van der Waals surface area (Å²) >= 11 is 1.57. The Hall–Kier alpha value is -2.21. The molecule has 0 N–H and O–H groups in total. The summed E-state index contributed by atoms with van der Waals surface area (Å²) in [5, 5.41) is 7.14. The summed E-state index contributed by atoms with van der Waals surface area (Å²) < 4.78 is 7.21. The first-order valence-corrected chi connectivity index (χ1v) is 7.98. The molecule has 6 heteroatoms. The van der Waals surface area contributed by atoms with E-state index >= 15 is 0 Å². The van der Waals surface area contributed by atoms with Gasteiger partial charge >= 0.3 is 5.97 Å². The number of hydrogen-bond donors (Lipinski definition) is 0. The van der Waals surface area contributed by atoms with Crippen molar-refractivity contribution in [2.45, 2.75) is 33.4 Å². The van der Waals surface area contributed by atoms with Crippen molar-refractivity contribution in [2.75, 3.05) is 0 Å². The van der Waals surface area contributed by atoms with Crippen LogP contribution in [-0.2, 0) is 11.3 Å². The normalized spacial score (nSPS) is 11.3. The Bertz CT molecular complexity index is 806. The Kier molecular flexibility index (Phi) is 3.94. The molecule has 3 aromatic heterocycles. The van der Waals surface area contributed by atoms with Gasteiger partial charge in [-0.15, -0.1) is 11.3 Å². The Morgan fingerprint density at radius 2 is 2.27 bits per heavy atom. The number of rotatable bonds is 4. The lowest BCUT2D eigenvalue weighted by atomic mass is 10.2. The van der Waals surface area contributed by atoms with Gasteiger partial charge in [-0.25, -0.2) is 14.5 Å². The largest absolute Gasteiger partial charge is 0.456 e. The second-order valence-electron chi connectivity index (χ2n) is 5.37. The van der Waals surface area contributed by atoms with Crippen LogP contribution in [0.15, 0.2) is 29.8 Å². The number of thiophene rings is 1. The molecule has 3 heterocycles. The maximum atomic E-state index is 12.3. The highest BCUT2D eigenvalue weighted by Crippen LogP contribution is 2.20. The zero-order chi connectivity index (χ0) is 15.7. The molecule has 0 radical (unpaired) electrons. The van der Waals surface area contributed by atoms with Gasteiger partial charge in [0.1, 0.15) is 6.61 Å². The molecule has 0 saturated carbocycles. The van der Waals surface area contributed by atoms with Crippen molar-refractivity contribution in [3.8, 4) is 0 Å². The van der Waals surface area contributed by atoms with Crippen LogP contribution < -0.4 is 0 Å². The number of ether oxygens (including phenoxy) is 1. The summed E-state index contributed by atoms with van der Waals surface area (Å²) in [5.74, 6) is -0.349. The van der Waals surface area contributed by atoms with Crippen LogP contribution in [0.2, 0.25) is 0 Å². The zero-order valence-electron chi connectivity index (χ0n) is 12.7. The van der Waals surface area contributed by atoms with E-state index in [0.29, 0.717) is 17.9 Å². The molecule has 0 unspecified atom stereocenters. The van der Waals surface area contributed by atoms with Gasteiger partial charge in [0.2, 0.25) is 0 Å². The molecule has 0 fully saturated rings. The molecule has 0 spiro atoms. The summed E-state index contributed by atoms with van der Waals surface area (Å²) in [4.78, 5) is 17.8. The fourth-order valence-electron chi connectivity index (χ4n) is 2.26. The number of hydrogen-bond acceptors (Lipinski definition) is 5. The fourth-order valence-corrected chi connectivity index (χ4v) is 2.88. The summed E-state index contributed by atoms with van der Waals surface area (Å²) in [6, 6.07) is 5.91. The van der Waals surface area contributed by atoms with E-state index in [2.05, 4.69) is 10.1 Å². The van der Waals surface area contributed by atoms with E-state index in [1.54, 1.807) is 23.6 Å². The molecule has 3 rings (SSSR count). The van der Waals surface area contributed by atoms with E-state index in [0.717, 1.165) is 15.9 Å². The fraction of sp³-hybridized carbons (Fsp3) is 0.312. The molecule has 0 atom stereocenters. The van der Waals surface area contributed by atoms with Crippen LogP contribution in [-0.4, -0.2) is 20.7 Å². The average Bonchev–Trinajstić information content (AvgIpc) is 3.12. The standard InChI is InChI=1S/C16H17N3O2S/c1-10(2)19-15-12(8-17-19)7-14(11(3)18-15)16(20)21-9-13-5-4-6-22-13/h4-8,10H,9H2,1-3H3. The van der Waals surface area contributed by atoms with Crippen LogP contribution in [0.3, 0.4) is 0 Å². The molecule has 0 aromatic carbocycles. The first-order chi connectivity index (χ1) is 10.6. The lowest BCUT2D eigenvalue weighted by Gasteiger charge is -2.09. The SMILES string of the molecule is Cc1nc2c(cnn2C(C)C)cc1C(=O)OCc1cccs1. The highest BCUT2D eigenvalue weighted by atomic mass is 32.1. The topological polar surface area (TPSA) is 57.0 Å². The van der Waals surface area contributed by atoms with E-state index in [4.69, 9.17) is 4.74 Å². The van der Waals surface area contributed by atoms with Crippen molar-refractivity contribution in [1.82, 2.24) is 14.8 Å². The predicted octanol–water partition coefficient (Wildman–Crippen LogP) is 3.74. The third-order valence-electron chi connectivity index (χ3n) is 3.39. The molecule has 0 amide bonds. The van der Waals surface area contributed by atoms with Crippen LogP contribution in [0.4, 0.5) is 0 Å². The molecule has 0 saturated heterocycles. The molecule has 0 aliphatic rings. The Labute approximate surface area is 132 Å². The number of pyridine rings is 1. The number of carbonyl (C=O) groups is 1. The van der Waals surface area contributed by atoms with Gasteiger partial charge < -0.3 is 4.74 Å². The number of esters is 1. The summed E-state index contributed by atoms with van der Waals surface area (Å²) in [6.45, 7) is 6.21. The van der Waals surface area contributed by atoms with Crippen molar-refractivity contribution in [1.29, 1.82) is 0 Å². The Morgan fingerprint density at radius 1 is 1.45 bits per heavy atom. The second-order valence-corrected chi connectivity index (χ2v) is 6.40. The maximum Gasteiger partial charge on any atom is 0.340 e. The van der Waals surface area contributed by atoms with E-state index in [1.165, 1.54) is 0 Å². The number of nitrogens with zero attached hydrogens (tertiary/aromatic N) is 3. The van der Waals surface area contributed by atoms with Gasteiger partial charge in [0.15, 0.2) is 5.65 Å². The van der Waals surface area contributed by atoms with Crippen LogP contribution in [0.25, 0.3) is 11.0 Å². The van der Waals surface area contributed by atoms with Crippen molar-refractivity contribution in [2.24, 2.45) is 0 Å². The lowest BCUT2D eigenvalue weighted by molar-refractivity contribution is 0.0475. The van der Waals surface area contributed by atoms with Crippen LogP contribution in [0.1, 0.15) is 40.8 Å². The molecule has 0 bridgehead atoms. The van der Waals surface area contributed by atoms with Gasteiger partial charge in [0.05, 0.1) is 17.5 Å². The van der Waals surface area contributed by atoms with Gasteiger partial charge in [0.25, 0.3) is 0 Å². The minimum absolute atomic E-state index is 0.223. The minimum Gasteiger partial charge on any atom is -0.456 e. The van der Waals surface area contributed by atoms with E-state index in [-0.39, 0.29) is 12.0 Å². The lowest BCUT2D eigenvalue weighted by Crippen LogP contribution is -2.09. The Morgan fingerprint density at radius 3 is 2.95 bits per heavy atom. The highest BCUT2D eigenvalue weighted by Gasteiger charge is 2.16. The van der Waals surface area contributed by atoms with Crippen molar-refractivity contribution < 1.29 is 9.53 Å². The van der Waals surface area contributed by atoms with Crippen LogP contribution in [0, 0.1) is 6.92 Å². The van der Waals surface area contributed by atoms with Crippen LogP contribution in [0.5, 0.6) is 0 Å². The molecular weight excluding hydrogens is 298 g/mol. The van der Waals surface area contributed by atoms with Crippen molar-refractivity contribution in [3.63, 3.8) is 0 Å². The predicted molar refractivity (Wildman–Crippen MR) is 86.1 cm³/mol. The van der Waals surface area contributed by atoms with Crippen LogP contribution >= 0.6 is 11.3 Å². The third kappa shape index (κ3) is 2.74. The first-order valence-electron chi connectivity index (χ1n) is 7.10. The first kappa shape index (κ1) is 14.7. The average molecular weight is 315 g/mol. The Balaban J connectivity index is 1.87. The van der Waals surface area contributed by atoms with Gasteiger partial charge in [0, 0.05) is 16.3 Å². The van der Waals surface area contributed by atoms with Gasteiger partial charge in [-0.1, -0.05) is 6.07 Å².